The minimum Gasteiger partial charge on any atom is -0.206 e. The van der Waals surface area contributed by atoms with Gasteiger partial charge in [-0.05, 0) is 37.8 Å². The molecular formula is C12H18ClNO2S2. The molecule has 2 unspecified atom stereocenters. The summed E-state index contributed by atoms with van der Waals surface area (Å²) in [7, 11) is -3.33. The number of thiophene rings is 1. The Morgan fingerprint density at radius 1 is 1.44 bits per heavy atom. The molecule has 1 aromatic heterocycles. The van der Waals surface area contributed by atoms with Crippen molar-refractivity contribution in [3.05, 3.63) is 17.0 Å². The van der Waals surface area contributed by atoms with Gasteiger partial charge in [-0.25, -0.2) is 8.42 Å². The molecular weight excluding hydrogens is 290 g/mol. The minimum absolute atomic E-state index is 0.0836. The van der Waals surface area contributed by atoms with E-state index in [9.17, 15) is 8.42 Å². The highest BCUT2D eigenvalue weighted by Gasteiger charge is 2.33. The Kier molecular flexibility index (Phi) is 4.36. The molecule has 18 heavy (non-hydrogen) atoms. The highest BCUT2D eigenvalue weighted by Crippen LogP contribution is 2.31. The van der Waals surface area contributed by atoms with E-state index in [1.165, 1.54) is 11.3 Å². The maximum atomic E-state index is 12.5. The van der Waals surface area contributed by atoms with Crippen LogP contribution in [0.2, 0.25) is 0 Å². The zero-order valence-corrected chi connectivity index (χ0v) is 13.0. The quantitative estimate of drug-likeness (QED) is 0.804. The van der Waals surface area contributed by atoms with Crippen LogP contribution in [-0.2, 0) is 15.9 Å². The highest BCUT2D eigenvalue weighted by atomic mass is 35.5. The van der Waals surface area contributed by atoms with E-state index in [1.807, 2.05) is 6.92 Å². The number of hydrogen-bond donors (Lipinski definition) is 0. The fraction of sp³-hybridized carbons (Fsp3) is 0.667. The predicted octanol–water partition coefficient (Wildman–Crippen LogP) is 3.30. The molecule has 0 bridgehead atoms. The van der Waals surface area contributed by atoms with Crippen LogP contribution in [0.25, 0.3) is 0 Å². The Bertz CT molecular complexity index is 512. The summed E-state index contributed by atoms with van der Waals surface area (Å²) in [6, 6.07) is 3.55. The van der Waals surface area contributed by atoms with Crippen molar-refractivity contribution in [2.75, 3.05) is 6.54 Å². The fourth-order valence-electron chi connectivity index (χ4n) is 2.43. The Balaban J connectivity index is 2.25. The molecule has 0 amide bonds. The number of rotatable bonds is 3. The molecule has 1 fully saturated rings. The number of nitrogens with zero attached hydrogens (tertiary/aromatic N) is 1. The van der Waals surface area contributed by atoms with Crippen molar-refractivity contribution in [1.29, 1.82) is 0 Å². The molecule has 0 spiro atoms. The van der Waals surface area contributed by atoms with E-state index in [1.54, 1.807) is 16.4 Å². The summed E-state index contributed by atoms with van der Waals surface area (Å²) in [5.41, 5.74) is 0. The third kappa shape index (κ3) is 2.74. The van der Waals surface area contributed by atoms with Crippen LogP contribution in [-0.4, -0.2) is 25.3 Å². The predicted molar refractivity (Wildman–Crippen MR) is 75.6 cm³/mol. The van der Waals surface area contributed by atoms with Crippen LogP contribution in [0.1, 0.15) is 31.6 Å². The largest absolute Gasteiger partial charge is 0.252 e. The van der Waals surface area contributed by atoms with Crippen LogP contribution >= 0.6 is 22.9 Å². The number of sulfonamides is 1. The topological polar surface area (TPSA) is 37.4 Å². The minimum atomic E-state index is -3.33. The Hall–Kier alpha value is -0.100. The Morgan fingerprint density at radius 3 is 2.72 bits per heavy atom. The van der Waals surface area contributed by atoms with Gasteiger partial charge in [0.2, 0.25) is 0 Å². The summed E-state index contributed by atoms with van der Waals surface area (Å²) in [6.07, 6.45) is 1.88. The average molecular weight is 308 g/mol. The smallest absolute Gasteiger partial charge is 0.206 e. The number of hydrogen-bond acceptors (Lipinski definition) is 3. The molecule has 102 valence electrons. The fourth-order valence-corrected chi connectivity index (χ4v) is 5.67. The summed E-state index contributed by atoms with van der Waals surface area (Å²) < 4.78 is 27.1. The first-order valence-corrected chi connectivity index (χ1v) is 8.90. The van der Waals surface area contributed by atoms with E-state index in [-0.39, 0.29) is 6.04 Å². The maximum absolute atomic E-state index is 12.5. The van der Waals surface area contributed by atoms with Gasteiger partial charge in [0, 0.05) is 17.5 Å². The van der Waals surface area contributed by atoms with E-state index in [2.05, 4.69) is 6.92 Å². The lowest BCUT2D eigenvalue weighted by Crippen LogP contribution is -2.43. The number of halogens is 1. The Morgan fingerprint density at radius 2 is 2.17 bits per heavy atom. The van der Waals surface area contributed by atoms with Crippen molar-refractivity contribution in [3.63, 3.8) is 0 Å². The van der Waals surface area contributed by atoms with Crippen molar-refractivity contribution >= 4 is 33.0 Å². The van der Waals surface area contributed by atoms with Gasteiger partial charge in [0.25, 0.3) is 10.0 Å². The van der Waals surface area contributed by atoms with Crippen molar-refractivity contribution in [1.82, 2.24) is 4.31 Å². The molecule has 0 saturated carbocycles. The molecule has 6 heteroatoms. The van der Waals surface area contributed by atoms with E-state index in [0.717, 1.165) is 17.7 Å². The molecule has 1 aliphatic heterocycles. The lowest BCUT2D eigenvalue weighted by Gasteiger charge is -2.35. The average Bonchev–Trinajstić information content (AvgIpc) is 2.77. The molecule has 1 aliphatic rings. The molecule has 0 aromatic carbocycles. The van der Waals surface area contributed by atoms with Gasteiger partial charge in [0.1, 0.15) is 4.21 Å². The van der Waals surface area contributed by atoms with Gasteiger partial charge in [-0.2, -0.15) is 4.31 Å². The van der Waals surface area contributed by atoms with Crippen LogP contribution in [0.5, 0.6) is 0 Å². The van der Waals surface area contributed by atoms with Crippen LogP contribution < -0.4 is 0 Å². The summed E-state index contributed by atoms with van der Waals surface area (Å²) in [6.45, 7) is 4.79. The summed E-state index contributed by atoms with van der Waals surface area (Å²) in [5, 5.41) is 0. The van der Waals surface area contributed by atoms with Gasteiger partial charge >= 0.3 is 0 Å². The van der Waals surface area contributed by atoms with Crippen molar-refractivity contribution < 1.29 is 8.42 Å². The van der Waals surface area contributed by atoms with Gasteiger partial charge in [-0.1, -0.05) is 6.92 Å². The number of alkyl halides is 1. The third-order valence-corrected chi connectivity index (χ3v) is 7.42. The standard InChI is InChI=1S/C12H18ClNO2S2/c1-9-5-6-14(10(2)7-9)18(15,16)12-4-3-11(8-13)17-12/h3-4,9-10H,5-8H2,1-2H3. The van der Waals surface area contributed by atoms with Crippen molar-refractivity contribution in [2.45, 2.75) is 42.8 Å². The second-order valence-electron chi connectivity index (χ2n) is 4.95. The normalized spacial score (nSPS) is 26.4. The monoisotopic (exact) mass is 307 g/mol. The molecule has 1 saturated heterocycles. The van der Waals surface area contributed by atoms with E-state index in [0.29, 0.717) is 22.6 Å². The van der Waals surface area contributed by atoms with Crippen molar-refractivity contribution in [3.8, 4) is 0 Å². The summed E-state index contributed by atoms with van der Waals surface area (Å²) >= 11 is 7.00. The van der Waals surface area contributed by atoms with Gasteiger partial charge < -0.3 is 0 Å². The van der Waals surface area contributed by atoms with Crippen LogP contribution in [0.4, 0.5) is 0 Å². The van der Waals surface area contributed by atoms with Crippen LogP contribution in [0.3, 0.4) is 0 Å². The molecule has 3 nitrogen and oxygen atoms in total. The molecule has 2 rings (SSSR count). The van der Waals surface area contributed by atoms with Gasteiger partial charge in [-0.3, -0.25) is 0 Å². The Labute approximate surface area is 118 Å². The number of piperidine rings is 1. The zero-order chi connectivity index (χ0) is 13.3. The van der Waals surface area contributed by atoms with Crippen LogP contribution in [0, 0.1) is 5.92 Å². The molecule has 0 radical (unpaired) electrons. The maximum Gasteiger partial charge on any atom is 0.252 e. The van der Waals surface area contributed by atoms with E-state index in [4.69, 9.17) is 11.6 Å². The summed E-state index contributed by atoms with van der Waals surface area (Å²) in [4.78, 5) is 0.897. The SMILES string of the molecule is CC1CCN(S(=O)(=O)c2ccc(CCl)s2)C(C)C1. The molecule has 1 aromatic rings. The highest BCUT2D eigenvalue weighted by molar-refractivity contribution is 7.91. The second-order valence-corrected chi connectivity index (χ2v) is 8.50. The molecule has 2 heterocycles. The molecule has 0 N–H and O–H groups in total. The second kappa shape index (κ2) is 5.49. The molecule has 2 atom stereocenters. The first-order chi connectivity index (χ1) is 8.45. The molecule has 0 aliphatic carbocycles. The zero-order valence-electron chi connectivity index (χ0n) is 10.6. The van der Waals surface area contributed by atoms with E-state index < -0.39 is 10.0 Å². The van der Waals surface area contributed by atoms with E-state index >= 15 is 0 Å². The lowest BCUT2D eigenvalue weighted by molar-refractivity contribution is 0.220. The first kappa shape index (κ1) is 14.3. The van der Waals surface area contributed by atoms with Gasteiger partial charge in [-0.15, -0.1) is 22.9 Å². The first-order valence-electron chi connectivity index (χ1n) is 6.11. The van der Waals surface area contributed by atoms with Gasteiger partial charge in [0.05, 0.1) is 5.88 Å². The van der Waals surface area contributed by atoms with Crippen molar-refractivity contribution in [2.24, 2.45) is 5.92 Å². The third-order valence-electron chi connectivity index (χ3n) is 3.41. The van der Waals surface area contributed by atoms with Crippen LogP contribution in [0.15, 0.2) is 16.3 Å². The lowest BCUT2D eigenvalue weighted by atomic mass is 9.95. The van der Waals surface area contributed by atoms with Gasteiger partial charge in [0.15, 0.2) is 0 Å². The summed E-state index contributed by atoms with van der Waals surface area (Å²) in [5.74, 6) is 0.973.